The molecule has 0 aliphatic carbocycles. The molecule has 29 heavy (non-hydrogen) atoms. The standard InChI is InChI=1S/C21H20FN5OS/c1-3-11-26-20(13-28-18-9-5-4-8-17(18)22)24-25-21(26)29-14-16-12-27-15(2)7-6-10-19(27)23-16/h3-10,12H,1,11,13-14H2,2H3. The summed E-state index contributed by atoms with van der Waals surface area (Å²) in [6.07, 6.45) is 3.81. The molecule has 0 aliphatic heterocycles. The Kier molecular flexibility index (Phi) is 5.62. The largest absolute Gasteiger partial charge is 0.483 e. The number of allylic oxidation sites excluding steroid dienone is 1. The van der Waals surface area contributed by atoms with E-state index in [9.17, 15) is 4.39 Å². The normalized spacial score (nSPS) is 11.1. The maximum atomic E-state index is 13.8. The zero-order chi connectivity index (χ0) is 20.2. The first-order valence-corrected chi connectivity index (χ1v) is 10.1. The van der Waals surface area contributed by atoms with Crippen LogP contribution in [0.5, 0.6) is 5.75 Å². The number of fused-ring (bicyclic) bond motifs is 1. The van der Waals surface area contributed by atoms with Gasteiger partial charge in [0.2, 0.25) is 0 Å². The number of thioether (sulfide) groups is 1. The van der Waals surface area contributed by atoms with Crippen LogP contribution in [0.25, 0.3) is 5.65 Å². The number of ether oxygens (including phenoxy) is 1. The molecule has 0 radical (unpaired) electrons. The lowest BCUT2D eigenvalue weighted by atomic mass is 10.3. The van der Waals surface area contributed by atoms with Crippen LogP contribution in [0.1, 0.15) is 17.2 Å². The highest BCUT2D eigenvalue weighted by molar-refractivity contribution is 7.98. The second-order valence-corrected chi connectivity index (χ2v) is 7.38. The highest BCUT2D eigenvalue weighted by atomic mass is 32.2. The number of imidazole rings is 1. The van der Waals surface area contributed by atoms with E-state index in [0.717, 1.165) is 22.2 Å². The molecule has 0 unspecified atom stereocenters. The number of halogens is 1. The fraction of sp³-hybridized carbons (Fsp3) is 0.190. The summed E-state index contributed by atoms with van der Waals surface area (Å²) in [6, 6.07) is 12.3. The number of benzene rings is 1. The third-order valence-electron chi connectivity index (χ3n) is 4.39. The van der Waals surface area contributed by atoms with Crippen LogP contribution < -0.4 is 4.74 Å². The van der Waals surface area contributed by atoms with Crippen molar-refractivity contribution in [2.45, 2.75) is 31.0 Å². The van der Waals surface area contributed by atoms with E-state index in [1.54, 1.807) is 36.0 Å². The van der Waals surface area contributed by atoms with Crippen LogP contribution in [-0.2, 0) is 18.9 Å². The second-order valence-electron chi connectivity index (χ2n) is 6.43. The van der Waals surface area contributed by atoms with Gasteiger partial charge in [0.1, 0.15) is 12.3 Å². The Labute approximate surface area is 172 Å². The van der Waals surface area contributed by atoms with Crippen molar-refractivity contribution in [3.05, 3.63) is 84.3 Å². The summed E-state index contributed by atoms with van der Waals surface area (Å²) in [6.45, 7) is 6.51. The quantitative estimate of drug-likeness (QED) is 0.318. The molecule has 148 valence electrons. The van der Waals surface area contributed by atoms with Gasteiger partial charge in [0.15, 0.2) is 22.5 Å². The van der Waals surface area contributed by atoms with Gasteiger partial charge in [-0.3, -0.25) is 4.57 Å². The van der Waals surface area contributed by atoms with Gasteiger partial charge in [-0.05, 0) is 31.2 Å². The highest BCUT2D eigenvalue weighted by Gasteiger charge is 2.14. The molecular weight excluding hydrogens is 389 g/mol. The average molecular weight is 409 g/mol. The molecule has 0 fully saturated rings. The van der Waals surface area contributed by atoms with Crippen molar-refractivity contribution in [3.8, 4) is 5.75 Å². The van der Waals surface area contributed by atoms with E-state index in [2.05, 4.69) is 26.2 Å². The van der Waals surface area contributed by atoms with Crippen molar-refractivity contribution in [1.82, 2.24) is 24.1 Å². The second kappa shape index (κ2) is 8.48. The summed E-state index contributed by atoms with van der Waals surface area (Å²) < 4.78 is 23.3. The van der Waals surface area contributed by atoms with Gasteiger partial charge in [0.05, 0.1) is 5.69 Å². The minimum Gasteiger partial charge on any atom is -0.483 e. The summed E-state index contributed by atoms with van der Waals surface area (Å²) in [5.74, 6) is 1.06. The maximum Gasteiger partial charge on any atom is 0.191 e. The summed E-state index contributed by atoms with van der Waals surface area (Å²) in [4.78, 5) is 4.65. The van der Waals surface area contributed by atoms with Gasteiger partial charge in [0.25, 0.3) is 0 Å². The summed E-state index contributed by atoms with van der Waals surface area (Å²) in [5, 5.41) is 9.24. The highest BCUT2D eigenvalue weighted by Crippen LogP contribution is 2.23. The number of nitrogens with zero attached hydrogens (tertiary/aromatic N) is 5. The molecule has 0 amide bonds. The van der Waals surface area contributed by atoms with Crippen LogP contribution in [0.4, 0.5) is 4.39 Å². The maximum absolute atomic E-state index is 13.8. The molecular formula is C21H20FN5OS. The van der Waals surface area contributed by atoms with E-state index in [1.807, 2.05) is 35.9 Å². The van der Waals surface area contributed by atoms with Crippen molar-refractivity contribution < 1.29 is 9.13 Å². The van der Waals surface area contributed by atoms with Crippen LogP contribution in [0.2, 0.25) is 0 Å². The topological polar surface area (TPSA) is 57.2 Å². The van der Waals surface area contributed by atoms with E-state index >= 15 is 0 Å². The van der Waals surface area contributed by atoms with E-state index < -0.39 is 5.82 Å². The lowest BCUT2D eigenvalue weighted by molar-refractivity contribution is 0.275. The molecule has 0 N–H and O–H groups in total. The first-order chi connectivity index (χ1) is 14.2. The van der Waals surface area contributed by atoms with E-state index in [-0.39, 0.29) is 12.4 Å². The molecule has 6 nitrogen and oxygen atoms in total. The van der Waals surface area contributed by atoms with Gasteiger partial charge < -0.3 is 9.14 Å². The number of aryl methyl sites for hydroxylation is 1. The van der Waals surface area contributed by atoms with Gasteiger partial charge in [-0.2, -0.15) is 0 Å². The van der Waals surface area contributed by atoms with Gasteiger partial charge in [-0.1, -0.05) is 36.0 Å². The molecule has 4 rings (SSSR count). The Morgan fingerprint density at radius 2 is 2.03 bits per heavy atom. The Bertz CT molecular complexity index is 1150. The monoisotopic (exact) mass is 409 g/mol. The van der Waals surface area contributed by atoms with Crippen molar-refractivity contribution in [3.63, 3.8) is 0 Å². The minimum absolute atomic E-state index is 0.121. The van der Waals surface area contributed by atoms with E-state index in [1.165, 1.54) is 6.07 Å². The van der Waals surface area contributed by atoms with Crippen LogP contribution in [-0.4, -0.2) is 24.1 Å². The van der Waals surface area contributed by atoms with Crippen molar-refractivity contribution in [2.75, 3.05) is 0 Å². The summed E-state index contributed by atoms with van der Waals surface area (Å²) >= 11 is 1.54. The molecule has 0 aliphatic rings. The number of hydrogen-bond acceptors (Lipinski definition) is 5. The average Bonchev–Trinajstić information content (AvgIpc) is 3.31. The van der Waals surface area contributed by atoms with Crippen molar-refractivity contribution in [1.29, 1.82) is 0 Å². The van der Waals surface area contributed by atoms with Crippen LogP contribution >= 0.6 is 11.8 Å². The molecule has 3 heterocycles. The predicted octanol–water partition coefficient (Wildman–Crippen LogP) is 4.43. The number of pyridine rings is 1. The van der Waals surface area contributed by atoms with Crippen molar-refractivity contribution >= 4 is 17.4 Å². The first kappa shape index (κ1) is 19.2. The zero-order valence-electron chi connectivity index (χ0n) is 16.0. The lowest BCUT2D eigenvalue weighted by Gasteiger charge is -2.09. The Morgan fingerprint density at radius 3 is 2.83 bits per heavy atom. The van der Waals surface area contributed by atoms with E-state index in [0.29, 0.717) is 18.1 Å². The number of hydrogen-bond donors (Lipinski definition) is 0. The minimum atomic E-state index is -0.404. The zero-order valence-corrected chi connectivity index (χ0v) is 16.8. The van der Waals surface area contributed by atoms with Crippen LogP contribution in [0, 0.1) is 12.7 Å². The van der Waals surface area contributed by atoms with Gasteiger partial charge in [-0.15, -0.1) is 16.8 Å². The molecule has 8 heteroatoms. The third-order valence-corrected chi connectivity index (χ3v) is 5.39. The van der Waals surface area contributed by atoms with Gasteiger partial charge in [0, 0.05) is 24.2 Å². The smallest absolute Gasteiger partial charge is 0.191 e. The molecule has 0 saturated heterocycles. The van der Waals surface area contributed by atoms with E-state index in [4.69, 9.17) is 4.74 Å². The molecule has 0 atom stereocenters. The first-order valence-electron chi connectivity index (χ1n) is 9.12. The number of aromatic nitrogens is 5. The number of para-hydroxylation sites is 1. The van der Waals surface area contributed by atoms with Crippen LogP contribution in [0.3, 0.4) is 0 Å². The molecule has 0 saturated carbocycles. The summed E-state index contributed by atoms with van der Waals surface area (Å²) in [7, 11) is 0. The molecule has 3 aromatic heterocycles. The predicted molar refractivity (Wildman–Crippen MR) is 110 cm³/mol. The van der Waals surface area contributed by atoms with Crippen molar-refractivity contribution in [2.24, 2.45) is 0 Å². The van der Waals surface area contributed by atoms with Crippen LogP contribution in [0.15, 0.2) is 66.5 Å². The molecule has 4 aromatic rings. The lowest BCUT2D eigenvalue weighted by Crippen LogP contribution is -2.08. The SMILES string of the molecule is C=CCn1c(COc2ccccc2F)nnc1SCc1cn2c(C)cccc2n1. The van der Waals surface area contributed by atoms with Gasteiger partial charge >= 0.3 is 0 Å². The van der Waals surface area contributed by atoms with Gasteiger partial charge in [-0.25, -0.2) is 9.37 Å². The summed E-state index contributed by atoms with van der Waals surface area (Å²) in [5.41, 5.74) is 3.02. The Morgan fingerprint density at radius 1 is 1.17 bits per heavy atom. The fourth-order valence-electron chi connectivity index (χ4n) is 2.96. The molecule has 0 spiro atoms. The molecule has 1 aromatic carbocycles. The number of rotatable bonds is 8. The molecule has 0 bridgehead atoms. The Balaban J connectivity index is 1.49. The fourth-order valence-corrected chi connectivity index (χ4v) is 3.81. The Hall–Kier alpha value is -3.13. The third kappa shape index (κ3) is 4.17.